The van der Waals surface area contributed by atoms with Crippen molar-refractivity contribution in [1.82, 2.24) is 14.8 Å². The molecule has 0 amide bonds. The lowest BCUT2D eigenvalue weighted by atomic mass is 10.00. The van der Waals surface area contributed by atoms with E-state index in [-0.39, 0.29) is 12.2 Å². The maximum Gasteiger partial charge on any atom is 0.287 e. The predicted octanol–water partition coefficient (Wildman–Crippen LogP) is 1.04. The first kappa shape index (κ1) is 13.9. The molecule has 2 aromatic heterocycles. The van der Waals surface area contributed by atoms with Gasteiger partial charge in [-0.1, -0.05) is 0 Å². The van der Waals surface area contributed by atoms with Crippen LogP contribution in [0.2, 0.25) is 0 Å². The Morgan fingerprint density at radius 2 is 2.25 bits per heavy atom. The van der Waals surface area contributed by atoms with Crippen molar-refractivity contribution in [3.8, 4) is 0 Å². The summed E-state index contributed by atoms with van der Waals surface area (Å²) in [5.41, 5.74) is -0.512. The summed E-state index contributed by atoms with van der Waals surface area (Å²) in [6.07, 6.45) is 4.48. The van der Waals surface area contributed by atoms with Crippen LogP contribution >= 0.6 is 0 Å². The Kier molecular flexibility index (Phi) is 3.66. The number of aromatic nitrogens is 3. The number of aliphatic hydroxyl groups is 1. The van der Waals surface area contributed by atoms with Gasteiger partial charge in [-0.25, -0.2) is 4.98 Å². The number of aryl methyl sites for hydroxylation is 1. The highest BCUT2D eigenvalue weighted by Gasteiger charge is 2.24. The van der Waals surface area contributed by atoms with Gasteiger partial charge < -0.3 is 10.4 Å². The number of nitro groups is 1. The Balaban J connectivity index is 2.02. The molecule has 8 nitrogen and oxygen atoms in total. The minimum atomic E-state index is -1.11. The molecule has 2 aromatic rings. The summed E-state index contributed by atoms with van der Waals surface area (Å²) in [6.45, 7) is 1.87. The molecule has 2 rings (SSSR count). The number of nitrogens with one attached hydrogen (secondary N) is 1. The van der Waals surface area contributed by atoms with Crippen molar-refractivity contribution >= 4 is 11.5 Å². The third kappa shape index (κ3) is 3.09. The second-order valence-corrected chi connectivity index (χ2v) is 4.69. The Morgan fingerprint density at radius 1 is 1.50 bits per heavy atom. The number of rotatable bonds is 5. The molecular formula is C12H15N5O3. The smallest absolute Gasteiger partial charge is 0.287 e. The van der Waals surface area contributed by atoms with Crippen LogP contribution < -0.4 is 5.32 Å². The molecule has 0 spiro atoms. The van der Waals surface area contributed by atoms with Gasteiger partial charge in [-0.2, -0.15) is 5.10 Å². The first-order chi connectivity index (χ1) is 9.38. The van der Waals surface area contributed by atoms with E-state index in [0.717, 1.165) is 0 Å². The van der Waals surface area contributed by atoms with Gasteiger partial charge >= 0.3 is 0 Å². The predicted molar refractivity (Wildman–Crippen MR) is 72.2 cm³/mol. The van der Waals surface area contributed by atoms with Gasteiger partial charge in [0.1, 0.15) is 17.6 Å². The maximum atomic E-state index is 10.5. The molecule has 0 aromatic carbocycles. The fourth-order valence-electron chi connectivity index (χ4n) is 1.66. The van der Waals surface area contributed by atoms with Gasteiger partial charge in [0.25, 0.3) is 5.69 Å². The SMILES string of the molecule is Cn1cc([C@](C)(O)CNc2ccc([N+](=O)[O-])cn2)cn1. The lowest BCUT2D eigenvalue weighted by molar-refractivity contribution is -0.385. The number of pyridine rings is 1. The molecule has 0 radical (unpaired) electrons. The summed E-state index contributed by atoms with van der Waals surface area (Å²) < 4.78 is 1.61. The third-order valence-corrected chi connectivity index (χ3v) is 2.90. The molecule has 0 aliphatic heterocycles. The van der Waals surface area contributed by atoms with Crippen LogP contribution in [0, 0.1) is 10.1 Å². The fraction of sp³-hybridized carbons (Fsp3) is 0.333. The fourth-order valence-corrected chi connectivity index (χ4v) is 1.66. The summed E-state index contributed by atoms with van der Waals surface area (Å²) >= 11 is 0. The molecule has 20 heavy (non-hydrogen) atoms. The molecule has 0 aliphatic carbocycles. The quantitative estimate of drug-likeness (QED) is 0.625. The maximum absolute atomic E-state index is 10.5. The average molecular weight is 277 g/mol. The lowest BCUT2D eigenvalue weighted by Gasteiger charge is -2.22. The molecule has 2 heterocycles. The first-order valence-electron chi connectivity index (χ1n) is 5.94. The molecule has 2 N–H and O–H groups in total. The van der Waals surface area contributed by atoms with Crippen LogP contribution in [0.1, 0.15) is 12.5 Å². The monoisotopic (exact) mass is 277 g/mol. The van der Waals surface area contributed by atoms with Gasteiger partial charge in [-0.3, -0.25) is 14.8 Å². The summed E-state index contributed by atoms with van der Waals surface area (Å²) in [5.74, 6) is 0.458. The van der Waals surface area contributed by atoms with Crippen LogP contribution in [-0.2, 0) is 12.6 Å². The summed E-state index contributed by atoms with van der Waals surface area (Å²) in [6, 6.07) is 2.85. The zero-order chi connectivity index (χ0) is 14.8. The van der Waals surface area contributed by atoms with Gasteiger partial charge in [0.05, 0.1) is 11.1 Å². The normalized spacial score (nSPS) is 13.8. The van der Waals surface area contributed by atoms with Crippen LogP contribution in [0.25, 0.3) is 0 Å². The van der Waals surface area contributed by atoms with Crippen molar-refractivity contribution < 1.29 is 10.0 Å². The van der Waals surface area contributed by atoms with E-state index < -0.39 is 10.5 Å². The minimum Gasteiger partial charge on any atom is -0.383 e. The van der Waals surface area contributed by atoms with E-state index in [4.69, 9.17) is 0 Å². The van der Waals surface area contributed by atoms with E-state index in [1.54, 1.807) is 31.0 Å². The minimum absolute atomic E-state index is 0.0745. The second-order valence-electron chi connectivity index (χ2n) is 4.69. The van der Waals surface area contributed by atoms with Crippen molar-refractivity contribution in [3.05, 3.63) is 46.4 Å². The Bertz CT molecular complexity index is 606. The molecule has 0 aliphatic rings. The van der Waals surface area contributed by atoms with Gasteiger partial charge in [0, 0.05) is 31.4 Å². The number of hydrogen-bond donors (Lipinski definition) is 2. The molecule has 8 heteroatoms. The van der Waals surface area contributed by atoms with Crippen LogP contribution in [0.3, 0.4) is 0 Å². The van der Waals surface area contributed by atoms with Gasteiger partial charge in [-0.15, -0.1) is 0 Å². The first-order valence-corrected chi connectivity index (χ1v) is 5.94. The molecule has 0 saturated carbocycles. The number of nitrogens with zero attached hydrogens (tertiary/aromatic N) is 4. The van der Waals surface area contributed by atoms with Crippen molar-refractivity contribution in [2.24, 2.45) is 7.05 Å². The standard InChI is InChI=1S/C12H15N5O3/c1-12(18,9-5-15-16(2)7-9)8-14-11-4-3-10(6-13-11)17(19)20/h3-7,18H,8H2,1-2H3,(H,13,14)/t12-/m1/s1. The van der Waals surface area contributed by atoms with E-state index in [2.05, 4.69) is 15.4 Å². The molecule has 0 bridgehead atoms. The average Bonchev–Trinajstić information content (AvgIpc) is 2.84. The van der Waals surface area contributed by atoms with Crippen molar-refractivity contribution in [2.75, 3.05) is 11.9 Å². The Hall–Kier alpha value is -2.48. The van der Waals surface area contributed by atoms with E-state index >= 15 is 0 Å². The van der Waals surface area contributed by atoms with Crippen LogP contribution in [0.5, 0.6) is 0 Å². The van der Waals surface area contributed by atoms with Crippen molar-refractivity contribution in [3.63, 3.8) is 0 Å². The highest BCUT2D eigenvalue weighted by molar-refractivity contribution is 5.40. The molecule has 1 atom stereocenters. The molecule has 0 fully saturated rings. The van der Waals surface area contributed by atoms with Crippen LogP contribution in [-0.4, -0.2) is 31.3 Å². The highest BCUT2D eigenvalue weighted by Crippen LogP contribution is 2.20. The Labute approximate surface area is 115 Å². The zero-order valence-corrected chi connectivity index (χ0v) is 11.1. The van der Waals surface area contributed by atoms with E-state index in [1.165, 1.54) is 18.3 Å². The molecular weight excluding hydrogens is 262 g/mol. The van der Waals surface area contributed by atoms with Gasteiger partial charge in [0.15, 0.2) is 0 Å². The topological polar surface area (TPSA) is 106 Å². The molecule has 0 unspecified atom stereocenters. The second kappa shape index (κ2) is 5.25. The van der Waals surface area contributed by atoms with Crippen molar-refractivity contribution in [2.45, 2.75) is 12.5 Å². The summed E-state index contributed by atoms with van der Waals surface area (Å²) in [4.78, 5) is 13.9. The van der Waals surface area contributed by atoms with E-state index in [0.29, 0.717) is 11.4 Å². The summed E-state index contributed by atoms with van der Waals surface area (Å²) in [5, 5.41) is 27.8. The molecule has 106 valence electrons. The number of hydrogen-bond acceptors (Lipinski definition) is 6. The van der Waals surface area contributed by atoms with E-state index in [1.807, 2.05) is 0 Å². The van der Waals surface area contributed by atoms with Crippen molar-refractivity contribution in [1.29, 1.82) is 0 Å². The highest BCUT2D eigenvalue weighted by atomic mass is 16.6. The number of anilines is 1. The largest absolute Gasteiger partial charge is 0.383 e. The van der Waals surface area contributed by atoms with Crippen LogP contribution in [0.4, 0.5) is 11.5 Å². The summed E-state index contributed by atoms with van der Waals surface area (Å²) in [7, 11) is 1.77. The third-order valence-electron chi connectivity index (χ3n) is 2.90. The van der Waals surface area contributed by atoms with Crippen LogP contribution in [0.15, 0.2) is 30.7 Å². The lowest BCUT2D eigenvalue weighted by Crippen LogP contribution is -2.30. The van der Waals surface area contributed by atoms with Gasteiger partial charge in [-0.05, 0) is 13.0 Å². The Morgan fingerprint density at radius 3 is 2.75 bits per heavy atom. The van der Waals surface area contributed by atoms with E-state index in [9.17, 15) is 15.2 Å². The molecule has 0 saturated heterocycles. The van der Waals surface area contributed by atoms with Gasteiger partial charge in [0.2, 0.25) is 0 Å². The zero-order valence-electron chi connectivity index (χ0n) is 11.1.